The minimum Gasteiger partial charge on any atom is -0.393 e. The Bertz CT molecular complexity index is 780. The van der Waals surface area contributed by atoms with Crippen molar-refractivity contribution in [1.82, 2.24) is 0 Å². The molecule has 0 radical (unpaired) electrons. The molecule has 3 saturated carbocycles. The van der Waals surface area contributed by atoms with Crippen molar-refractivity contribution in [2.75, 3.05) is 0 Å². The molecule has 4 aliphatic carbocycles. The van der Waals surface area contributed by atoms with E-state index < -0.39 is 0 Å². The summed E-state index contributed by atoms with van der Waals surface area (Å²) in [5.41, 5.74) is 3.66. The summed E-state index contributed by atoms with van der Waals surface area (Å²) in [6.45, 7) is 20.8. The van der Waals surface area contributed by atoms with Gasteiger partial charge in [-0.2, -0.15) is 0 Å². The molecule has 0 spiro atoms. The van der Waals surface area contributed by atoms with Crippen LogP contribution >= 0.6 is 0 Å². The number of fused-ring (bicyclic) bond motifs is 5. The minimum atomic E-state index is -0.354. The van der Waals surface area contributed by atoms with Gasteiger partial charge in [-0.05, 0) is 110 Å². The molecule has 3 fully saturated rings. The molecule has 0 saturated heterocycles. The summed E-state index contributed by atoms with van der Waals surface area (Å²) >= 11 is 0. The van der Waals surface area contributed by atoms with E-state index in [1.54, 1.807) is 5.57 Å². The van der Waals surface area contributed by atoms with Crippen LogP contribution in [-0.2, 0) is 0 Å². The Balaban J connectivity index is 1.57. The van der Waals surface area contributed by atoms with Crippen LogP contribution in [0.2, 0.25) is 0 Å². The lowest BCUT2D eigenvalue weighted by atomic mass is 9.38. The van der Waals surface area contributed by atoms with Gasteiger partial charge in [0.15, 0.2) is 0 Å². The van der Waals surface area contributed by atoms with Crippen LogP contribution in [0.1, 0.15) is 106 Å². The monoisotopic (exact) mass is 442 g/mol. The molecule has 0 amide bonds. The largest absolute Gasteiger partial charge is 0.393 e. The van der Waals surface area contributed by atoms with Crippen molar-refractivity contribution in [2.24, 2.45) is 45.3 Å². The van der Waals surface area contributed by atoms with Crippen LogP contribution in [0.25, 0.3) is 0 Å². The first-order valence-corrected chi connectivity index (χ1v) is 13.5. The molecular weight excluding hydrogens is 392 g/mol. The molecular formula is C30H50O2. The summed E-state index contributed by atoms with van der Waals surface area (Å²) in [7, 11) is 0. The Kier molecular flexibility index (Phi) is 6.11. The highest BCUT2D eigenvalue weighted by Gasteiger charge is 2.65. The van der Waals surface area contributed by atoms with E-state index in [9.17, 15) is 10.2 Å². The van der Waals surface area contributed by atoms with Gasteiger partial charge in [-0.3, -0.25) is 0 Å². The summed E-state index contributed by atoms with van der Waals surface area (Å²) in [4.78, 5) is 0. The van der Waals surface area contributed by atoms with Gasteiger partial charge in [0.05, 0.1) is 12.2 Å². The van der Waals surface area contributed by atoms with Crippen LogP contribution in [0.4, 0.5) is 0 Å². The van der Waals surface area contributed by atoms with Crippen LogP contribution in [-0.4, -0.2) is 22.4 Å². The molecule has 2 heteroatoms. The fourth-order valence-corrected chi connectivity index (χ4v) is 9.83. The third kappa shape index (κ3) is 3.41. The van der Waals surface area contributed by atoms with E-state index in [0.717, 1.165) is 30.8 Å². The number of rotatable bonds is 5. The molecule has 0 aromatic heterocycles. The summed E-state index contributed by atoms with van der Waals surface area (Å²) in [5, 5.41) is 21.1. The molecule has 0 aromatic rings. The van der Waals surface area contributed by atoms with Gasteiger partial charge in [-0.1, -0.05) is 65.3 Å². The number of hydrogen-bond acceptors (Lipinski definition) is 2. The van der Waals surface area contributed by atoms with Gasteiger partial charge in [-0.25, -0.2) is 0 Å². The quantitative estimate of drug-likeness (QED) is 0.438. The van der Waals surface area contributed by atoms with Crippen LogP contribution in [0.15, 0.2) is 23.8 Å². The second kappa shape index (κ2) is 7.98. The number of aliphatic hydroxyl groups excluding tert-OH is 2. The highest BCUT2D eigenvalue weighted by Crippen LogP contribution is 2.73. The van der Waals surface area contributed by atoms with E-state index in [0.29, 0.717) is 34.0 Å². The molecule has 0 heterocycles. The lowest BCUT2D eigenvalue weighted by molar-refractivity contribution is -0.176. The molecule has 0 aliphatic heterocycles. The highest BCUT2D eigenvalue weighted by atomic mass is 16.3. The zero-order chi connectivity index (χ0) is 23.7. The van der Waals surface area contributed by atoms with Crippen LogP contribution in [0.5, 0.6) is 0 Å². The zero-order valence-corrected chi connectivity index (χ0v) is 22.0. The Morgan fingerprint density at radius 1 is 1.00 bits per heavy atom. The SMILES string of the molecule is C=C(C)[C@H](O)CC[C@H](C)[C@@H]1CC=C2[C@]3(C)CC[C@H]4C(C)(C)[C@@H](O)CC[C@]4(C)[C@H]3CC[C@]21C. The van der Waals surface area contributed by atoms with Crippen molar-refractivity contribution in [1.29, 1.82) is 0 Å². The zero-order valence-electron chi connectivity index (χ0n) is 22.0. The Morgan fingerprint density at radius 2 is 1.62 bits per heavy atom. The summed E-state index contributed by atoms with van der Waals surface area (Å²) in [6, 6.07) is 0. The third-order valence-electron chi connectivity index (χ3n) is 11.8. The fraction of sp³-hybridized carbons (Fsp3) is 0.867. The molecule has 32 heavy (non-hydrogen) atoms. The van der Waals surface area contributed by atoms with Crippen molar-refractivity contribution in [3.63, 3.8) is 0 Å². The lowest BCUT2D eigenvalue weighted by Gasteiger charge is -2.67. The Hall–Kier alpha value is -0.600. The van der Waals surface area contributed by atoms with Crippen LogP contribution < -0.4 is 0 Å². The van der Waals surface area contributed by atoms with Crippen LogP contribution in [0.3, 0.4) is 0 Å². The van der Waals surface area contributed by atoms with Gasteiger partial charge in [0.2, 0.25) is 0 Å². The average Bonchev–Trinajstić information content (AvgIpc) is 3.07. The van der Waals surface area contributed by atoms with E-state index >= 15 is 0 Å². The Morgan fingerprint density at radius 3 is 2.28 bits per heavy atom. The predicted molar refractivity (Wildman–Crippen MR) is 134 cm³/mol. The molecule has 2 N–H and O–H groups in total. The highest BCUT2D eigenvalue weighted by molar-refractivity contribution is 5.34. The van der Waals surface area contributed by atoms with Crippen molar-refractivity contribution in [2.45, 2.75) is 118 Å². The van der Waals surface area contributed by atoms with Crippen LogP contribution in [0, 0.1) is 45.3 Å². The van der Waals surface area contributed by atoms with Gasteiger partial charge in [0.1, 0.15) is 0 Å². The lowest BCUT2D eigenvalue weighted by Crippen LogP contribution is -2.61. The molecule has 0 bridgehead atoms. The smallest absolute Gasteiger partial charge is 0.0744 e. The molecule has 182 valence electrons. The average molecular weight is 443 g/mol. The fourth-order valence-electron chi connectivity index (χ4n) is 9.83. The van der Waals surface area contributed by atoms with E-state index in [2.05, 4.69) is 54.2 Å². The van der Waals surface area contributed by atoms with Gasteiger partial charge < -0.3 is 10.2 Å². The van der Waals surface area contributed by atoms with E-state index in [1.165, 1.54) is 38.5 Å². The molecule has 2 nitrogen and oxygen atoms in total. The summed E-state index contributed by atoms with van der Waals surface area (Å²) in [5.74, 6) is 2.68. The third-order valence-corrected chi connectivity index (χ3v) is 11.8. The maximum Gasteiger partial charge on any atom is 0.0744 e. The summed E-state index contributed by atoms with van der Waals surface area (Å²) in [6.07, 6.45) is 12.6. The molecule has 4 aliphatic rings. The first-order chi connectivity index (χ1) is 14.8. The normalized spacial score (nSPS) is 47.0. The molecule has 4 rings (SSSR count). The van der Waals surface area contributed by atoms with Gasteiger partial charge in [-0.15, -0.1) is 0 Å². The second-order valence-corrected chi connectivity index (χ2v) is 13.8. The second-order valence-electron chi connectivity index (χ2n) is 13.8. The van der Waals surface area contributed by atoms with Crippen molar-refractivity contribution in [3.05, 3.63) is 23.8 Å². The maximum absolute atomic E-state index is 10.8. The van der Waals surface area contributed by atoms with Gasteiger partial charge in [0, 0.05) is 0 Å². The number of aliphatic hydroxyl groups is 2. The predicted octanol–water partition coefficient (Wildman–Crippen LogP) is 7.31. The minimum absolute atomic E-state index is 0.0281. The van der Waals surface area contributed by atoms with Gasteiger partial charge in [0.25, 0.3) is 0 Å². The number of allylic oxidation sites excluding steroid dienone is 2. The Labute approximate surface area is 198 Å². The van der Waals surface area contributed by atoms with Crippen molar-refractivity contribution >= 4 is 0 Å². The summed E-state index contributed by atoms with van der Waals surface area (Å²) < 4.78 is 0. The first-order valence-electron chi connectivity index (χ1n) is 13.5. The molecule has 0 unspecified atom stereocenters. The van der Waals surface area contributed by atoms with E-state index in [-0.39, 0.29) is 17.6 Å². The van der Waals surface area contributed by atoms with Crippen molar-refractivity contribution in [3.8, 4) is 0 Å². The maximum atomic E-state index is 10.8. The first kappa shape index (κ1) is 24.5. The van der Waals surface area contributed by atoms with Crippen molar-refractivity contribution < 1.29 is 10.2 Å². The number of hydrogen-bond donors (Lipinski definition) is 2. The molecule has 9 atom stereocenters. The van der Waals surface area contributed by atoms with E-state index in [1.807, 2.05) is 6.92 Å². The standard InChI is InChI=1S/C30H50O2/c1-19(2)22(31)11-9-20(3)21-10-12-24-28(21,6)16-14-25-29(7)18-15-26(32)27(4,5)23(29)13-17-30(24,25)8/h12,20-23,25-26,31-32H,1,9-11,13-18H2,2-8H3/t20-,21-,22+,23-,25+,26-,28-,29-,30-/m0/s1. The van der Waals surface area contributed by atoms with Gasteiger partial charge >= 0.3 is 0 Å². The topological polar surface area (TPSA) is 40.5 Å². The van der Waals surface area contributed by atoms with E-state index in [4.69, 9.17) is 0 Å². The molecule has 0 aromatic carbocycles.